The van der Waals surface area contributed by atoms with Crippen LogP contribution in [-0.4, -0.2) is 41.2 Å². The largest absolute Gasteiger partial charge is 0.493 e. The number of Topliss-reactive ketones (excluding diaryl/α,β-unsaturated/α-hetero) is 1. The SMILES string of the molecule is COc1ccc(NC(=O)c2ccc3c(=O)n(CCc4ccccc4)c(SCC(=O)c4ccccc4)nc3c2)cc1OC. The molecule has 0 aliphatic heterocycles. The van der Waals surface area contributed by atoms with Gasteiger partial charge in [0.25, 0.3) is 11.5 Å². The van der Waals surface area contributed by atoms with Crippen molar-refractivity contribution in [2.45, 2.75) is 18.1 Å². The molecular formula is C33H29N3O5S. The Labute approximate surface area is 247 Å². The number of amides is 1. The molecule has 1 aromatic heterocycles. The van der Waals surface area contributed by atoms with Crippen LogP contribution in [0.15, 0.2) is 107 Å². The molecule has 0 saturated carbocycles. The lowest BCUT2D eigenvalue weighted by molar-refractivity contribution is 0.101. The minimum Gasteiger partial charge on any atom is -0.493 e. The minimum atomic E-state index is -0.368. The fourth-order valence-corrected chi connectivity index (χ4v) is 5.41. The Hall–Kier alpha value is -4.89. The van der Waals surface area contributed by atoms with Crippen molar-refractivity contribution in [3.05, 3.63) is 124 Å². The minimum absolute atomic E-state index is 0.0624. The van der Waals surface area contributed by atoms with E-state index in [2.05, 4.69) is 5.32 Å². The maximum atomic E-state index is 13.7. The van der Waals surface area contributed by atoms with E-state index in [-0.39, 0.29) is 23.0 Å². The Balaban J connectivity index is 1.45. The number of carbonyl (C=O) groups is 2. The molecule has 0 aliphatic carbocycles. The average molecular weight is 580 g/mol. The predicted octanol–water partition coefficient (Wildman–Crippen LogP) is 5.88. The number of carbonyl (C=O) groups excluding carboxylic acids is 2. The molecule has 1 amide bonds. The molecule has 0 spiro atoms. The Kier molecular flexibility index (Phi) is 8.99. The fourth-order valence-electron chi connectivity index (χ4n) is 4.49. The van der Waals surface area contributed by atoms with E-state index < -0.39 is 0 Å². The van der Waals surface area contributed by atoms with E-state index in [0.29, 0.717) is 57.3 Å². The van der Waals surface area contributed by atoms with Crippen molar-refractivity contribution in [1.82, 2.24) is 9.55 Å². The van der Waals surface area contributed by atoms with Gasteiger partial charge in [-0.2, -0.15) is 0 Å². The van der Waals surface area contributed by atoms with E-state index in [0.717, 1.165) is 5.56 Å². The van der Waals surface area contributed by atoms with Gasteiger partial charge in [0, 0.05) is 29.4 Å². The summed E-state index contributed by atoms with van der Waals surface area (Å²) in [5.74, 6) is 0.718. The lowest BCUT2D eigenvalue weighted by atomic mass is 10.1. The number of aromatic nitrogens is 2. The van der Waals surface area contributed by atoms with Crippen LogP contribution >= 0.6 is 11.8 Å². The first kappa shape index (κ1) is 28.6. The number of thioether (sulfide) groups is 1. The summed E-state index contributed by atoms with van der Waals surface area (Å²) in [7, 11) is 3.06. The van der Waals surface area contributed by atoms with Gasteiger partial charge in [-0.1, -0.05) is 72.4 Å². The van der Waals surface area contributed by atoms with Crippen LogP contribution in [0.2, 0.25) is 0 Å². The summed E-state index contributed by atoms with van der Waals surface area (Å²) in [4.78, 5) is 44.4. The number of ketones is 1. The third-order valence-electron chi connectivity index (χ3n) is 6.72. The molecule has 0 radical (unpaired) electrons. The molecule has 1 heterocycles. The summed E-state index contributed by atoms with van der Waals surface area (Å²) in [6.45, 7) is 0.398. The van der Waals surface area contributed by atoms with Crippen molar-refractivity contribution >= 4 is 40.0 Å². The van der Waals surface area contributed by atoms with Crippen LogP contribution in [-0.2, 0) is 13.0 Å². The van der Waals surface area contributed by atoms with Crippen LogP contribution < -0.4 is 20.3 Å². The molecule has 42 heavy (non-hydrogen) atoms. The first-order chi connectivity index (χ1) is 20.5. The fraction of sp³-hybridized carbons (Fsp3) is 0.152. The Morgan fingerprint density at radius 3 is 2.26 bits per heavy atom. The maximum absolute atomic E-state index is 13.7. The molecule has 5 aromatic rings. The number of ether oxygens (including phenoxy) is 2. The average Bonchev–Trinajstić information content (AvgIpc) is 3.03. The molecule has 212 valence electrons. The standard InChI is InChI=1S/C33H29N3O5S/c1-40-29-16-14-25(20-30(29)41-2)34-31(38)24-13-15-26-27(19-24)35-33(42-21-28(37)23-11-7-4-8-12-23)36(32(26)39)18-17-22-9-5-3-6-10-22/h3-16,19-20H,17-18,21H2,1-2H3,(H,34,38). The van der Waals surface area contributed by atoms with Crippen molar-refractivity contribution in [3.63, 3.8) is 0 Å². The monoisotopic (exact) mass is 579 g/mol. The highest BCUT2D eigenvalue weighted by molar-refractivity contribution is 7.99. The Bertz CT molecular complexity index is 1790. The van der Waals surface area contributed by atoms with Gasteiger partial charge in [-0.25, -0.2) is 4.98 Å². The summed E-state index contributed by atoms with van der Waals surface area (Å²) >= 11 is 1.21. The predicted molar refractivity (Wildman–Crippen MR) is 165 cm³/mol. The van der Waals surface area contributed by atoms with Crippen LogP contribution in [0, 0.1) is 0 Å². The van der Waals surface area contributed by atoms with E-state index in [1.54, 1.807) is 53.1 Å². The molecule has 0 saturated heterocycles. The van der Waals surface area contributed by atoms with Gasteiger partial charge in [0.05, 0.1) is 30.9 Å². The highest BCUT2D eigenvalue weighted by atomic mass is 32.2. The van der Waals surface area contributed by atoms with Gasteiger partial charge in [-0.05, 0) is 42.3 Å². The second-order valence-electron chi connectivity index (χ2n) is 9.42. The summed E-state index contributed by atoms with van der Waals surface area (Å²) in [5, 5.41) is 3.67. The normalized spacial score (nSPS) is 10.8. The second-order valence-corrected chi connectivity index (χ2v) is 10.4. The van der Waals surface area contributed by atoms with Gasteiger partial charge in [0.2, 0.25) is 0 Å². The lowest BCUT2D eigenvalue weighted by Gasteiger charge is -2.14. The number of anilines is 1. The van der Waals surface area contributed by atoms with Crippen molar-refractivity contribution in [3.8, 4) is 11.5 Å². The van der Waals surface area contributed by atoms with Crippen LogP contribution in [0.25, 0.3) is 10.9 Å². The number of methoxy groups -OCH3 is 2. The maximum Gasteiger partial charge on any atom is 0.262 e. The van der Waals surface area contributed by atoms with Crippen LogP contribution in [0.4, 0.5) is 5.69 Å². The van der Waals surface area contributed by atoms with Gasteiger partial charge in [0.15, 0.2) is 22.4 Å². The van der Waals surface area contributed by atoms with E-state index >= 15 is 0 Å². The zero-order valence-electron chi connectivity index (χ0n) is 23.2. The highest BCUT2D eigenvalue weighted by Gasteiger charge is 2.17. The van der Waals surface area contributed by atoms with Crippen LogP contribution in [0.5, 0.6) is 11.5 Å². The molecular weight excluding hydrogens is 550 g/mol. The van der Waals surface area contributed by atoms with E-state index in [4.69, 9.17) is 14.5 Å². The quantitative estimate of drug-likeness (QED) is 0.118. The van der Waals surface area contributed by atoms with Crippen molar-refractivity contribution in [2.75, 3.05) is 25.3 Å². The summed E-state index contributed by atoms with van der Waals surface area (Å²) in [6.07, 6.45) is 0.625. The topological polar surface area (TPSA) is 99.5 Å². The number of benzene rings is 4. The Morgan fingerprint density at radius 2 is 1.55 bits per heavy atom. The van der Waals surface area contributed by atoms with E-state index in [9.17, 15) is 14.4 Å². The van der Waals surface area contributed by atoms with E-state index in [1.807, 2.05) is 48.5 Å². The third kappa shape index (κ3) is 6.53. The zero-order chi connectivity index (χ0) is 29.5. The summed E-state index contributed by atoms with van der Waals surface area (Å²) < 4.78 is 12.2. The number of nitrogens with zero attached hydrogens (tertiary/aromatic N) is 2. The molecule has 5 rings (SSSR count). The molecule has 0 fully saturated rings. The molecule has 8 nitrogen and oxygen atoms in total. The number of aryl methyl sites for hydroxylation is 1. The second kappa shape index (κ2) is 13.2. The summed E-state index contributed by atoms with van der Waals surface area (Å²) in [6, 6.07) is 28.8. The molecule has 9 heteroatoms. The molecule has 1 N–H and O–H groups in total. The zero-order valence-corrected chi connectivity index (χ0v) is 24.0. The van der Waals surface area contributed by atoms with Gasteiger partial charge in [-0.15, -0.1) is 0 Å². The molecule has 4 aromatic carbocycles. The number of rotatable bonds is 11. The molecule has 0 atom stereocenters. The highest BCUT2D eigenvalue weighted by Crippen LogP contribution is 2.30. The lowest BCUT2D eigenvalue weighted by Crippen LogP contribution is -2.25. The molecule has 0 unspecified atom stereocenters. The van der Waals surface area contributed by atoms with Gasteiger partial charge < -0.3 is 14.8 Å². The molecule has 0 bridgehead atoms. The smallest absolute Gasteiger partial charge is 0.262 e. The summed E-state index contributed by atoms with van der Waals surface area (Å²) in [5.41, 5.74) is 2.70. The third-order valence-corrected chi connectivity index (χ3v) is 7.70. The van der Waals surface area contributed by atoms with Crippen molar-refractivity contribution < 1.29 is 19.1 Å². The number of hydrogen-bond donors (Lipinski definition) is 1. The van der Waals surface area contributed by atoms with Gasteiger partial charge >= 0.3 is 0 Å². The first-order valence-electron chi connectivity index (χ1n) is 13.3. The van der Waals surface area contributed by atoms with Crippen molar-refractivity contribution in [1.29, 1.82) is 0 Å². The molecule has 0 aliphatic rings. The number of nitrogens with one attached hydrogen (secondary N) is 1. The first-order valence-corrected chi connectivity index (χ1v) is 14.3. The Morgan fingerprint density at radius 1 is 0.833 bits per heavy atom. The van der Waals surface area contributed by atoms with Crippen LogP contribution in [0.1, 0.15) is 26.3 Å². The van der Waals surface area contributed by atoms with Crippen molar-refractivity contribution in [2.24, 2.45) is 0 Å². The number of fused-ring (bicyclic) bond motifs is 1. The van der Waals surface area contributed by atoms with E-state index in [1.165, 1.54) is 26.0 Å². The van der Waals surface area contributed by atoms with Gasteiger partial charge in [-0.3, -0.25) is 19.0 Å². The number of hydrogen-bond acceptors (Lipinski definition) is 7. The van der Waals surface area contributed by atoms with Gasteiger partial charge in [0.1, 0.15) is 0 Å². The van der Waals surface area contributed by atoms with Crippen LogP contribution in [0.3, 0.4) is 0 Å².